The second kappa shape index (κ2) is 7.03. The van der Waals surface area contributed by atoms with E-state index in [4.69, 9.17) is 9.84 Å². The molecule has 110 valence electrons. The zero-order valence-electron chi connectivity index (χ0n) is 11.8. The highest BCUT2D eigenvalue weighted by Gasteiger charge is 2.30. The number of carboxylic acid groups (broad SMARTS) is 1. The van der Waals surface area contributed by atoms with Crippen molar-refractivity contribution in [2.24, 2.45) is 0 Å². The van der Waals surface area contributed by atoms with Gasteiger partial charge in [0.05, 0.1) is 5.75 Å². The molecule has 1 atom stereocenters. The largest absolute Gasteiger partial charge is 0.481 e. The van der Waals surface area contributed by atoms with E-state index in [0.29, 0.717) is 12.3 Å². The second-order valence-corrected chi connectivity index (χ2v) is 6.76. The molecule has 0 unspecified atom stereocenters. The number of hydrogen-bond donors (Lipinski definition) is 1. The fraction of sp³-hybridized carbons (Fsp3) is 0.846. The van der Waals surface area contributed by atoms with Crippen molar-refractivity contribution in [3.63, 3.8) is 0 Å². The molecule has 1 aliphatic heterocycles. The third-order valence-corrected chi connectivity index (χ3v) is 3.86. The van der Waals surface area contributed by atoms with Crippen LogP contribution in [0.5, 0.6) is 0 Å². The maximum absolute atomic E-state index is 12.1. The lowest BCUT2D eigenvalue weighted by Crippen LogP contribution is -2.47. The average molecular weight is 289 g/mol. The number of ether oxygens (including phenoxy) is 1. The van der Waals surface area contributed by atoms with Crippen LogP contribution in [0.4, 0.5) is 4.79 Å². The van der Waals surface area contributed by atoms with Gasteiger partial charge in [0.1, 0.15) is 5.60 Å². The van der Waals surface area contributed by atoms with Gasteiger partial charge in [0.25, 0.3) is 0 Å². The molecule has 0 aliphatic carbocycles. The smallest absolute Gasteiger partial charge is 0.410 e. The minimum absolute atomic E-state index is 0.0820. The third kappa shape index (κ3) is 6.18. The number of carbonyl (C=O) groups excluding carboxylic acids is 1. The molecule has 5 nitrogen and oxygen atoms in total. The number of nitrogens with zero attached hydrogens (tertiary/aromatic N) is 1. The Morgan fingerprint density at radius 3 is 2.63 bits per heavy atom. The van der Waals surface area contributed by atoms with E-state index in [1.54, 1.807) is 4.90 Å². The summed E-state index contributed by atoms with van der Waals surface area (Å²) in [6.07, 6.45) is 2.70. The van der Waals surface area contributed by atoms with Crippen LogP contribution in [0, 0.1) is 0 Å². The van der Waals surface area contributed by atoms with Gasteiger partial charge in [0, 0.05) is 18.3 Å². The molecular weight excluding hydrogens is 266 g/mol. The van der Waals surface area contributed by atoms with Crippen molar-refractivity contribution < 1.29 is 19.4 Å². The molecule has 1 amide bonds. The Hall–Kier alpha value is -0.910. The molecule has 0 saturated carbocycles. The Bertz CT molecular complexity index is 327. The highest BCUT2D eigenvalue weighted by Crippen LogP contribution is 2.23. The van der Waals surface area contributed by atoms with E-state index in [9.17, 15) is 9.59 Å². The molecule has 0 aromatic rings. The summed E-state index contributed by atoms with van der Waals surface area (Å²) < 4.78 is 5.40. The summed E-state index contributed by atoms with van der Waals surface area (Å²) >= 11 is 1.36. The van der Waals surface area contributed by atoms with Gasteiger partial charge in [-0.25, -0.2) is 4.79 Å². The zero-order valence-corrected chi connectivity index (χ0v) is 12.7. The summed E-state index contributed by atoms with van der Waals surface area (Å²) in [6, 6.07) is 0.0907. The summed E-state index contributed by atoms with van der Waals surface area (Å²) in [6.45, 7) is 6.25. The lowest BCUT2D eigenvalue weighted by atomic mass is 10.0. The van der Waals surface area contributed by atoms with Gasteiger partial charge in [-0.05, 0) is 40.0 Å². The summed E-state index contributed by atoms with van der Waals surface area (Å²) in [5, 5.41) is 8.64. The fourth-order valence-electron chi connectivity index (χ4n) is 2.02. The number of piperidine rings is 1. The Kier molecular flexibility index (Phi) is 5.97. The predicted molar refractivity (Wildman–Crippen MR) is 75.5 cm³/mol. The molecule has 1 heterocycles. The summed E-state index contributed by atoms with van der Waals surface area (Å²) in [7, 11) is 0. The normalized spacial score (nSPS) is 20.2. The van der Waals surface area contributed by atoms with Crippen molar-refractivity contribution in [3.8, 4) is 0 Å². The molecular formula is C13H23NO4S. The van der Waals surface area contributed by atoms with Crippen LogP contribution in [-0.4, -0.2) is 51.8 Å². The van der Waals surface area contributed by atoms with E-state index >= 15 is 0 Å². The number of thioether (sulfide) groups is 1. The standard InChI is InChI=1S/C13H23NO4S/c1-13(2,3)18-12(17)14-7-5-4-6-10(14)8-19-9-11(15)16/h10H,4-9H2,1-3H3,(H,15,16)/t10-/m0/s1. The minimum atomic E-state index is -0.815. The average Bonchev–Trinajstić information content (AvgIpc) is 2.26. The number of likely N-dealkylation sites (tertiary alicyclic amines) is 1. The maximum Gasteiger partial charge on any atom is 0.410 e. The van der Waals surface area contributed by atoms with Crippen LogP contribution in [0.25, 0.3) is 0 Å². The van der Waals surface area contributed by atoms with Crippen LogP contribution in [0.1, 0.15) is 40.0 Å². The number of hydrogen-bond acceptors (Lipinski definition) is 4. The summed E-state index contributed by atoms with van der Waals surface area (Å²) in [4.78, 5) is 24.4. The van der Waals surface area contributed by atoms with Gasteiger partial charge < -0.3 is 14.7 Å². The summed E-state index contributed by atoms with van der Waals surface area (Å²) in [5.74, 6) is -0.0749. The van der Waals surface area contributed by atoms with Crippen molar-refractivity contribution in [2.75, 3.05) is 18.1 Å². The van der Waals surface area contributed by atoms with Gasteiger partial charge in [-0.1, -0.05) is 0 Å². The Balaban J connectivity index is 2.51. The molecule has 0 aromatic carbocycles. The molecule has 1 aliphatic rings. The van der Waals surface area contributed by atoms with Gasteiger partial charge in [0.2, 0.25) is 0 Å². The van der Waals surface area contributed by atoms with Gasteiger partial charge in [0.15, 0.2) is 0 Å². The number of aliphatic carboxylic acids is 1. The monoisotopic (exact) mass is 289 g/mol. The Morgan fingerprint density at radius 2 is 2.05 bits per heavy atom. The predicted octanol–water partition coefficient (Wildman–Crippen LogP) is 2.59. The van der Waals surface area contributed by atoms with Crippen LogP contribution in [0.15, 0.2) is 0 Å². The van der Waals surface area contributed by atoms with Crippen molar-refractivity contribution in [1.29, 1.82) is 0 Å². The first-order chi connectivity index (χ1) is 8.79. The van der Waals surface area contributed by atoms with E-state index in [0.717, 1.165) is 19.3 Å². The van der Waals surface area contributed by atoms with Gasteiger partial charge in [-0.15, -0.1) is 11.8 Å². The van der Waals surface area contributed by atoms with Crippen molar-refractivity contribution in [3.05, 3.63) is 0 Å². The SMILES string of the molecule is CC(C)(C)OC(=O)N1CCCC[C@H]1CSCC(=O)O. The molecule has 19 heavy (non-hydrogen) atoms. The number of carboxylic acids is 1. The topological polar surface area (TPSA) is 66.8 Å². The molecule has 0 aromatic heterocycles. The zero-order chi connectivity index (χ0) is 14.5. The third-order valence-electron chi connectivity index (χ3n) is 2.79. The first kappa shape index (κ1) is 16.1. The number of carbonyl (C=O) groups is 2. The van der Waals surface area contributed by atoms with Gasteiger partial charge in [-0.2, -0.15) is 0 Å². The van der Waals surface area contributed by atoms with Crippen LogP contribution in [0.3, 0.4) is 0 Å². The van der Waals surface area contributed by atoms with Gasteiger partial charge in [-0.3, -0.25) is 4.79 Å². The molecule has 0 spiro atoms. The molecule has 1 rings (SSSR count). The van der Waals surface area contributed by atoms with E-state index in [-0.39, 0.29) is 17.9 Å². The minimum Gasteiger partial charge on any atom is -0.481 e. The quantitative estimate of drug-likeness (QED) is 0.861. The van der Waals surface area contributed by atoms with E-state index in [2.05, 4.69) is 0 Å². The second-order valence-electron chi connectivity index (χ2n) is 5.73. The van der Waals surface area contributed by atoms with Crippen LogP contribution in [0.2, 0.25) is 0 Å². The Labute approximate surface area is 118 Å². The molecule has 0 bridgehead atoms. The molecule has 1 N–H and O–H groups in total. The van der Waals surface area contributed by atoms with E-state index in [1.807, 2.05) is 20.8 Å². The number of amides is 1. The summed E-state index contributed by atoms with van der Waals surface area (Å²) in [5.41, 5.74) is -0.493. The van der Waals surface area contributed by atoms with E-state index in [1.165, 1.54) is 11.8 Å². The lowest BCUT2D eigenvalue weighted by molar-refractivity contribution is -0.133. The van der Waals surface area contributed by atoms with Crippen LogP contribution >= 0.6 is 11.8 Å². The van der Waals surface area contributed by atoms with Crippen LogP contribution < -0.4 is 0 Å². The fourth-order valence-corrected chi connectivity index (χ4v) is 2.93. The Morgan fingerprint density at radius 1 is 1.37 bits per heavy atom. The lowest BCUT2D eigenvalue weighted by Gasteiger charge is -2.36. The highest BCUT2D eigenvalue weighted by atomic mass is 32.2. The van der Waals surface area contributed by atoms with Crippen molar-refractivity contribution in [2.45, 2.75) is 51.7 Å². The molecule has 6 heteroatoms. The van der Waals surface area contributed by atoms with Gasteiger partial charge >= 0.3 is 12.1 Å². The first-order valence-corrected chi connectivity index (χ1v) is 7.74. The van der Waals surface area contributed by atoms with Crippen molar-refractivity contribution >= 4 is 23.8 Å². The van der Waals surface area contributed by atoms with E-state index < -0.39 is 11.6 Å². The maximum atomic E-state index is 12.1. The molecule has 1 fully saturated rings. The molecule has 0 radical (unpaired) electrons. The molecule has 1 saturated heterocycles. The highest BCUT2D eigenvalue weighted by molar-refractivity contribution is 7.99. The first-order valence-electron chi connectivity index (χ1n) is 6.59. The van der Waals surface area contributed by atoms with Crippen molar-refractivity contribution in [1.82, 2.24) is 4.90 Å². The van der Waals surface area contributed by atoms with Crippen LogP contribution in [-0.2, 0) is 9.53 Å². The number of rotatable bonds is 4.